The number of rotatable bonds is 8. The van der Waals surface area contributed by atoms with E-state index < -0.39 is 0 Å². The number of ether oxygens (including phenoxy) is 1. The number of nitrogens with zero attached hydrogens (tertiary/aromatic N) is 1. The van der Waals surface area contributed by atoms with Gasteiger partial charge in [-0.1, -0.05) is 74.5 Å². The zero-order valence-electron chi connectivity index (χ0n) is 17.8. The second kappa shape index (κ2) is 10.4. The van der Waals surface area contributed by atoms with Crippen LogP contribution in [0.1, 0.15) is 43.1 Å². The molecule has 4 heteroatoms. The molecule has 1 N–H and O–H groups in total. The van der Waals surface area contributed by atoms with Gasteiger partial charge >= 0.3 is 0 Å². The normalized spacial score (nSPS) is 11.4. The molecule has 3 rings (SSSR count). The summed E-state index contributed by atoms with van der Waals surface area (Å²) in [6, 6.07) is 25.6. The molecule has 0 radical (unpaired) electrons. The van der Waals surface area contributed by atoms with Crippen molar-refractivity contribution < 1.29 is 9.53 Å². The molecule has 3 aromatic rings. The highest BCUT2D eigenvalue weighted by Gasteiger charge is 2.08. The van der Waals surface area contributed by atoms with Crippen molar-refractivity contribution in [2.24, 2.45) is 11.0 Å². The highest BCUT2D eigenvalue weighted by atomic mass is 16.5. The van der Waals surface area contributed by atoms with Gasteiger partial charge in [0.05, 0.1) is 0 Å². The van der Waals surface area contributed by atoms with Crippen molar-refractivity contribution in [2.75, 3.05) is 0 Å². The monoisotopic (exact) mass is 400 g/mol. The highest BCUT2D eigenvalue weighted by molar-refractivity contribution is 5.95. The number of hydrogen-bond donors (Lipinski definition) is 1. The number of nitrogens with one attached hydrogen (secondary N) is 1. The van der Waals surface area contributed by atoms with Crippen molar-refractivity contribution >= 4 is 11.6 Å². The Labute approximate surface area is 178 Å². The SMILES string of the molecule is C/C(CC(C)C)=N\NC(=O)c1ccc(COc2ccccc2-c2ccccc2)cc1. The summed E-state index contributed by atoms with van der Waals surface area (Å²) in [4.78, 5) is 12.3. The Bertz CT molecular complexity index is 993. The number of amides is 1. The summed E-state index contributed by atoms with van der Waals surface area (Å²) in [5, 5.41) is 4.17. The average Bonchev–Trinajstić information content (AvgIpc) is 2.77. The maximum atomic E-state index is 12.3. The quantitative estimate of drug-likeness (QED) is 0.368. The molecule has 0 atom stereocenters. The second-order valence-corrected chi connectivity index (χ2v) is 7.73. The van der Waals surface area contributed by atoms with E-state index >= 15 is 0 Å². The summed E-state index contributed by atoms with van der Waals surface area (Å²) >= 11 is 0. The van der Waals surface area contributed by atoms with Gasteiger partial charge in [-0.3, -0.25) is 4.79 Å². The summed E-state index contributed by atoms with van der Waals surface area (Å²) in [6.45, 7) is 6.60. The number of carbonyl (C=O) groups is 1. The lowest BCUT2D eigenvalue weighted by Gasteiger charge is -2.12. The van der Waals surface area contributed by atoms with Crippen LogP contribution in [0.3, 0.4) is 0 Å². The van der Waals surface area contributed by atoms with E-state index in [1.54, 1.807) is 12.1 Å². The molecular weight excluding hydrogens is 372 g/mol. The summed E-state index contributed by atoms with van der Waals surface area (Å²) in [5.74, 6) is 1.14. The van der Waals surface area contributed by atoms with Crippen LogP contribution in [0.25, 0.3) is 11.1 Å². The van der Waals surface area contributed by atoms with Crippen LogP contribution >= 0.6 is 0 Å². The summed E-state index contributed by atoms with van der Waals surface area (Å²) in [5.41, 5.74) is 7.29. The molecule has 0 fully saturated rings. The van der Waals surface area contributed by atoms with Gasteiger partial charge in [0.2, 0.25) is 0 Å². The van der Waals surface area contributed by atoms with Crippen LogP contribution in [0.5, 0.6) is 5.75 Å². The minimum atomic E-state index is -0.208. The Morgan fingerprint density at radius 1 is 0.933 bits per heavy atom. The maximum absolute atomic E-state index is 12.3. The van der Waals surface area contributed by atoms with Crippen LogP contribution in [-0.2, 0) is 6.61 Å². The van der Waals surface area contributed by atoms with E-state index in [0.717, 1.165) is 34.6 Å². The number of hydrogen-bond acceptors (Lipinski definition) is 3. The molecule has 0 aromatic heterocycles. The molecular formula is C26H28N2O2. The minimum absolute atomic E-state index is 0.208. The lowest BCUT2D eigenvalue weighted by molar-refractivity contribution is 0.0954. The van der Waals surface area contributed by atoms with Crippen molar-refractivity contribution in [2.45, 2.75) is 33.8 Å². The fourth-order valence-corrected chi connectivity index (χ4v) is 3.21. The van der Waals surface area contributed by atoms with Crippen molar-refractivity contribution in [3.8, 4) is 16.9 Å². The Morgan fingerprint density at radius 2 is 1.60 bits per heavy atom. The standard InChI is InChI=1S/C26H28N2O2/c1-19(2)17-20(3)27-28-26(29)23-15-13-21(14-16-23)18-30-25-12-8-7-11-24(25)22-9-5-4-6-10-22/h4-16,19H,17-18H2,1-3H3,(H,28,29)/b27-20+. The van der Waals surface area contributed by atoms with E-state index in [0.29, 0.717) is 18.1 Å². The molecule has 0 saturated heterocycles. The second-order valence-electron chi connectivity index (χ2n) is 7.73. The first-order valence-corrected chi connectivity index (χ1v) is 10.2. The molecule has 0 heterocycles. The molecule has 0 spiro atoms. The van der Waals surface area contributed by atoms with Gasteiger partial charge in [0.25, 0.3) is 5.91 Å². The third kappa shape index (κ3) is 6.05. The Hall–Kier alpha value is -3.40. The number of benzene rings is 3. The fraction of sp³-hybridized carbons (Fsp3) is 0.231. The number of carbonyl (C=O) groups excluding carboxylic acids is 1. The first kappa shape index (κ1) is 21.3. The molecule has 4 nitrogen and oxygen atoms in total. The third-order valence-electron chi connectivity index (χ3n) is 4.63. The van der Waals surface area contributed by atoms with E-state index in [1.807, 2.05) is 55.5 Å². The topological polar surface area (TPSA) is 50.7 Å². The molecule has 0 aliphatic heterocycles. The number of hydrazone groups is 1. The van der Waals surface area contributed by atoms with E-state index in [2.05, 4.69) is 42.6 Å². The lowest BCUT2D eigenvalue weighted by Crippen LogP contribution is -2.19. The first-order valence-electron chi connectivity index (χ1n) is 10.2. The minimum Gasteiger partial charge on any atom is -0.488 e. The van der Waals surface area contributed by atoms with E-state index in [4.69, 9.17) is 4.74 Å². The predicted molar refractivity (Wildman–Crippen MR) is 123 cm³/mol. The summed E-state index contributed by atoms with van der Waals surface area (Å²) in [7, 11) is 0. The molecule has 30 heavy (non-hydrogen) atoms. The van der Waals surface area contributed by atoms with Crippen molar-refractivity contribution in [3.63, 3.8) is 0 Å². The van der Waals surface area contributed by atoms with Crippen molar-refractivity contribution in [1.82, 2.24) is 5.43 Å². The van der Waals surface area contributed by atoms with Crippen LogP contribution in [0.15, 0.2) is 84.0 Å². The highest BCUT2D eigenvalue weighted by Crippen LogP contribution is 2.30. The van der Waals surface area contributed by atoms with Crippen LogP contribution in [0.4, 0.5) is 0 Å². The van der Waals surface area contributed by atoms with E-state index in [9.17, 15) is 4.79 Å². The molecule has 3 aromatic carbocycles. The van der Waals surface area contributed by atoms with Crippen molar-refractivity contribution in [1.29, 1.82) is 0 Å². The lowest BCUT2D eigenvalue weighted by atomic mass is 10.0. The van der Waals surface area contributed by atoms with Crippen molar-refractivity contribution in [3.05, 3.63) is 90.0 Å². The molecule has 0 unspecified atom stereocenters. The van der Waals surface area contributed by atoms with Gasteiger partial charge in [-0.2, -0.15) is 5.10 Å². The largest absolute Gasteiger partial charge is 0.488 e. The molecule has 0 bridgehead atoms. The van der Waals surface area contributed by atoms with Gasteiger partial charge in [0.15, 0.2) is 0 Å². The first-order chi connectivity index (χ1) is 14.5. The predicted octanol–water partition coefficient (Wildman–Crippen LogP) is 6.08. The zero-order valence-corrected chi connectivity index (χ0v) is 17.8. The van der Waals surface area contributed by atoms with E-state index in [-0.39, 0.29) is 5.91 Å². The molecule has 154 valence electrons. The molecule has 1 amide bonds. The van der Waals surface area contributed by atoms with Gasteiger partial charge in [-0.15, -0.1) is 0 Å². The summed E-state index contributed by atoms with van der Waals surface area (Å²) in [6.07, 6.45) is 0.862. The smallest absolute Gasteiger partial charge is 0.271 e. The maximum Gasteiger partial charge on any atom is 0.271 e. The molecule has 0 aliphatic carbocycles. The van der Waals surface area contributed by atoms with Crippen LogP contribution in [-0.4, -0.2) is 11.6 Å². The Kier molecular flexibility index (Phi) is 7.39. The molecule has 0 saturated carbocycles. The van der Waals surface area contributed by atoms with Gasteiger partial charge < -0.3 is 4.74 Å². The third-order valence-corrected chi connectivity index (χ3v) is 4.63. The summed E-state index contributed by atoms with van der Waals surface area (Å²) < 4.78 is 6.07. The van der Waals surface area contributed by atoms with Gasteiger partial charge in [0, 0.05) is 16.8 Å². The number of para-hydroxylation sites is 1. The van der Waals surface area contributed by atoms with Gasteiger partial charge in [-0.05, 0) is 48.6 Å². The van der Waals surface area contributed by atoms with Gasteiger partial charge in [0.1, 0.15) is 12.4 Å². The fourth-order valence-electron chi connectivity index (χ4n) is 3.21. The Balaban J connectivity index is 1.61. The zero-order chi connectivity index (χ0) is 21.3. The average molecular weight is 401 g/mol. The van der Waals surface area contributed by atoms with Crippen LogP contribution in [0.2, 0.25) is 0 Å². The molecule has 0 aliphatic rings. The van der Waals surface area contributed by atoms with E-state index in [1.165, 1.54) is 0 Å². The van der Waals surface area contributed by atoms with Crippen LogP contribution in [0, 0.1) is 5.92 Å². The Morgan fingerprint density at radius 3 is 2.30 bits per heavy atom. The van der Waals surface area contributed by atoms with Gasteiger partial charge in [-0.25, -0.2) is 5.43 Å². The van der Waals surface area contributed by atoms with Crippen LogP contribution < -0.4 is 10.2 Å².